The maximum absolute atomic E-state index is 4.68. The van der Waals surface area contributed by atoms with Crippen LogP contribution in [0.3, 0.4) is 0 Å². The predicted octanol–water partition coefficient (Wildman–Crippen LogP) is 6.93. The molecule has 0 aliphatic rings. The van der Waals surface area contributed by atoms with Crippen molar-refractivity contribution in [2.24, 2.45) is 4.99 Å². The number of hydrogen-bond acceptors (Lipinski definition) is 1. The van der Waals surface area contributed by atoms with Gasteiger partial charge in [-0.15, -0.1) is 0 Å². The highest BCUT2D eigenvalue weighted by molar-refractivity contribution is 5.65. The van der Waals surface area contributed by atoms with E-state index in [-0.39, 0.29) is 0 Å². The predicted molar refractivity (Wildman–Crippen MR) is 107 cm³/mol. The van der Waals surface area contributed by atoms with E-state index in [0.717, 1.165) is 18.5 Å². The molecular weight excluding hydrogens is 290 g/mol. The molecule has 2 rings (SSSR count). The van der Waals surface area contributed by atoms with Crippen LogP contribution in [0.25, 0.3) is 0 Å². The number of aliphatic imine (C=N–C) groups is 1. The molecule has 0 radical (unpaired) electrons. The number of unbranched alkanes of at least 4 members (excludes halogenated alkanes) is 1. The van der Waals surface area contributed by atoms with Crippen molar-refractivity contribution in [1.29, 1.82) is 0 Å². The van der Waals surface area contributed by atoms with Crippen LogP contribution < -0.4 is 0 Å². The zero-order chi connectivity index (χ0) is 17.4. The lowest BCUT2D eigenvalue weighted by Crippen LogP contribution is -2.01. The number of hydrogen-bond donors (Lipinski definition) is 0. The van der Waals surface area contributed by atoms with E-state index in [1.165, 1.54) is 41.5 Å². The summed E-state index contributed by atoms with van der Waals surface area (Å²) in [6.45, 7) is 8.88. The minimum atomic E-state index is 0.554. The molecule has 2 aromatic carbocycles. The molecule has 1 heteroatoms. The van der Waals surface area contributed by atoms with Crippen molar-refractivity contribution in [3.63, 3.8) is 0 Å². The minimum Gasteiger partial charge on any atom is -0.261 e. The van der Waals surface area contributed by atoms with Gasteiger partial charge in [-0.1, -0.05) is 56.7 Å². The fraction of sp³-hybridized carbons (Fsp3) is 0.435. The number of rotatable bonds is 8. The summed E-state index contributed by atoms with van der Waals surface area (Å²) in [7, 11) is 0. The van der Waals surface area contributed by atoms with E-state index in [4.69, 9.17) is 0 Å². The van der Waals surface area contributed by atoms with E-state index in [2.05, 4.69) is 81.4 Å². The smallest absolute Gasteiger partial charge is 0.0654 e. The van der Waals surface area contributed by atoms with Gasteiger partial charge in [0.25, 0.3) is 0 Å². The molecule has 1 nitrogen and oxygen atoms in total. The Kier molecular flexibility index (Phi) is 7.24. The standard InChI is InChI=1S/C23H31N/c1-5-7-11-21-17-22(14-13-18(21)3)20(6-2)15-16-24-23-12-9-8-10-19(23)4/h8-10,12-14,16-17,20H,5-7,11,15H2,1-4H3. The van der Waals surface area contributed by atoms with Gasteiger partial charge in [-0.3, -0.25) is 4.99 Å². The van der Waals surface area contributed by atoms with E-state index < -0.39 is 0 Å². The molecule has 0 saturated carbocycles. The summed E-state index contributed by atoms with van der Waals surface area (Å²) < 4.78 is 0. The fourth-order valence-corrected chi connectivity index (χ4v) is 3.11. The fourth-order valence-electron chi connectivity index (χ4n) is 3.11. The SMILES string of the molecule is CCCCc1cc(C(CC)CC=Nc2ccccc2C)ccc1C. The van der Waals surface area contributed by atoms with Crippen molar-refractivity contribution in [2.75, 3.05) is 0 Å². The third-order valence-electron chi connectivity index (χ3n) is 4.87. The van der Waals surface area contributed by atoms with Crippen molar-refractivity contribution in [3.05, 3.63) is 64.7 Å². The largest absolute Gasteiger partial charge is 0.261 e. The Morgan fingerprint density at radius 1 is 1.00 bits per heavy atom. The number of benzene rings is 2. The average molecular weight is 322 g/mol. The van der Waals surface area contributed by atoms with Gasteiger partial charge in [0.15, 0.2) is 0 Å². The normalized spacial score (nSPS) is 12.7. The highest BCUT2D eigenvalue weighted by atomic mass is 14.7. The van der Waals surface area contributed by atoms with Gasteiger partial charge in [-0.05, 0) is 73.8 Å². The van der Waals surface area contributed by atoms with Crippen molar-refractivity contribution < 1.29 is 0 Å². The van der Waals surface area contributed by atoms with Gasteiger partial charge in [0.2, 0.25) is 0 Å². The number of para-hydroxylation sites is 1. The Bertz CT molecular complexity index is 669. The second kappa shape index (κ2) is 9.42. The van der Waals surface area contributed by atoms with E-state index in [1.54, 1.807) is 0 Å². The Morgan fingerprint density at radius 3 is 2.50 bits per heavy atom. The lowest BCUT2D eigenvalue weighted by atomic mass is 9.90. The van der Waals surface area contributed by atoms with Crippen LogP contribution in [0, 0.1) is 13.8 Å². The van der Waals surface area contributed by atoms with Crippen molar-refractivity contribution in [3.8, 4) is 0 Å². The van der Waals surface area contributed by atoms with Crippen molar-refractivity contribution in [2.45, 2.75) is 65.7 Å². The summed E-state index contributed by atoms with van der Waals surface area (Å²) in [5, 5.41) is 0. The van der Waals surface area contributed by atoms with Crippen LogP contribution in [0.5, 0.6) is 0 Å². The Balaban J connectivity index is 2.09. The molecule has 128 valence electrons. The number of nitrogens with zero attached hydrogens (tertiary/aromatic N) is 1. The van der Waals surface area contributed by atoms with Crippen LogP contribution in [0.4, 0.5) is 5.69 Å². The second-order valence-corrected chi connectivity index (χ2v) is 6.73. The first-order chi connectivity index (χ1) is 11.7. The minimum absolute atomic E-state index is 0.554. The summed E-state index contributed by atoms with van der Waals surface area (Å²) in [5.74, 6) is 0.554. The van der Waals surface area contributed by atoms with Crippen LogP contribution in [0.2, 0.25) is 0 Å². The van der Waals surface area contributed by atoms with E-state index in [1.807, 2.05) is 0 Å². The second-order valence-electron chi connectivity index (χ2n) is 6.73. The first-order valence-corrected chi connectivity index (χ1v) is 9.33. The molecule has 0 N–H and O–H groups in total. The molecule has 0 aromatic heterocycles. The third kappa shape index (κ3) is 5.06. The monoisotopic (exact) mass is 321 g/mol. The molecule has 1 unspecified atom stereocenters. The summed E-state index contributed by atoms with van der Waals surface area (Å²) >= 11 is 0. The summed E-state index contributed by atoms with van der Waals surface area (Å²) in [5.41, 5.74) is 6.73. The lowest BCUT2D eigenvalue weighted by molar-refractivity contribution is 0.693. The maximum Gasteiger partial charge on any atom is 0.0654 e. The van der Waals surface area contributed by atoms with Gasteiger partial charge in [0.1, 0.15) is 0 Å². The molecule has 0 spiro atoms. The van der Waals surface area contributed by atoms with Crippen LogP contribution >= 0.6 is 0 Å². The van der Waals surface area contributed by atoms with Crippen LogP contribution in [0.15, 0.2) is 47.5 Å². The summed E-state index contributed by atoms with van der Waals surface area (Å²) in [6, 6.07) is 15.3. The Hall–Kier alpha value is -1.89. The molecule has 0 aliphatic carbocycles. The molecule has 0 bridgehead atoms. The van der Waals surface area contributed by atoms with Gasteiger partial charge in [-0.25, -0.2) is 0 Å². The first-order valence-electron chi connectivity index (χ1n) is 9.33. The Labute approximate surface area is 147 Å². The zero-order valence-corrected chi connectivity index (χ0v) is 15.7. The highest BCUT2D eigenvalue weighted by Gasteiger charge is 2.10. The highest BCUT2D eigenvalue weighted by Crippen LogP contribution is 2.26. The van der Waals surface area contributed by atoms with Gasteiger partial charge in [-0.2, -0.15) is 0 Å². The summed E-state index contributed by atoms with van der Waals surface area (Å²) in [6.07, 6.45) is 7.98. The van der Waals surface area contributed by atoms with Crippen molar-refractivity contribution >= 4 is 11.9 Å². The molecule has 1 atom stereocenters. The van der Waals surface area contributed by atoms with Crippen LogP contribution in [-0.2, 0) is 6.42 Å². The molecule has 0 amide bonds. The maximum atomic E-state index is 4.68. The molecule has 0 fully saturated rings. The van der Waals surface area contributed by atoms with Crippen molar-refractivity contribution in [1.82, 2.24) is 0 Å². The quantitative estimate of drug-likeness (QED) is 0.467. The molecular formula is C23H31N. The van der Waals surface area contributed by atoms with Gasteiger partial charge in [0, 0.05) is 6.21 Å². The molecule has 0 saturated heterocycles. The van der Waals surface area contributed by atoms with Gasteiger partial charge >= 0.3 is 0 Å². The van der Waals surface area contributed by atoms with Crippen LogP contribution in [-0.4, -0.2) is 6.21 Å². The van der Waals surface area contributed by atoms with E-state index in [0.29, 0.717) is 5.92 Å². The zero-order valence-electron chi connectivity index (χ0n) is 15.7. The molecule has 0 aliphatic heterocycles. The number of aryl methyl sites for hydroxylation is 3. The third-order valence-corrected chi connectivity index (χ3v) is 4.87. The molecule has 24 heavy (non-hydrogen) atoms. The van der Waals surface area contributed by atoms with Crippen LogP contribution in [0.1, 0.15) is 67.7 Å². The lowest BCUT2D eigenvalue weighted by Gasteiger charge is -2.16. The van der Waals surface area contributed by atoms with Gasteiger partial charge in [0.05, 0.1) is 5.69 Å². The molecule has 0 heterocycles. The average Bonchev–Trinajstić information content (AvgIpc) is 2.60. The van der Waals surface area contributed by atoms with E-state index in [9.17, 15) is 0 Å². The molecule has 2 aromatic rings. The van der Waals surface area contributed by atoms with E-state index >= 15 is 0 Å². The first kappa shape index (κ1) is 18.4. The topological polar surface area (TPSA) is 12.4 Å². The summed E-state index contributed by atoms with van der Waals surface area (Å²) in [4.78, 5) is 4.68. The Morgan fingerprint density at radius 2 is 1.79 bits per heavy atom. The van der Waals surface area contributed by atoms with Gasteiger partial charge < -0.3 is 0 Å².